The number of benzene rings is 2. The Balaban J connectivity index is 2.24. The molecule has 0 aliphatic heterocycles. The largest absolute Gasteiger partial charge is 0.374 e. The molecule has 2 aromatic rings. The van der Waals surface area contributed by atoms with Gasteiger partial charge >= 0.3 is 0 Å². The third-order valence-corrected chi connectivity index (χ3v) is 3.87. The van der Waals surface area contributed by atoms with Crippen LogP contribution in [0.4, 0.5) is 22.7 Å². The summed E-state index contributed by atoms with van der Waals surface area (Å²) >= 11 is 11.9. The Labute approximate surface area is 148 Å². The molecular weight excluding hydrogens is 355 g/mol. The van der Waals surface area contributed by atoms with Gasteiger partial charge < -0.3 is 10.0 Å². The number of hydrogen-bond acceptors (Lipinski definition) is 6. The molecule has 126 valence electrons. The molecule has 9 heteroatoms. The Kier molecular flexibility index (Phi) is 5.71. The number of nitro benzene ring substituents is 1. The summed E-state index contributed by atoms with van der Waals surface area (Å²) in [6.45, 7) is 1.66. The van der Waals surface area contributed by atoms with Crippen LogP contribution in [0.5, 0.6) is 0 Å². The van der Waals surface area contributed by atoms with Crippen LogP contribution < -0.4 is 4.90 Å². The number of aliphatic hydroxyl groups excluding tert-OH is 1. The van der Waals surface area contributed by atoms with Gasteiger partial charge in [0.2, 0.25) is 0 Å². The second-order valence-electron chi connectivity index (χ2n) is 4.97. The lowest BCUT2D eigenvalue weighted by atomic mass is 10.2. The van der Waals surface area contributed by atoms with Crippen molar-refractivity contribution < 1.29 is 10.0 Å². The van der Waals surface area contributed by atoms with Crippen LogP contribution in [0.2, 0.25) is 10.0 Å². The molecule has 0 saturated carbocycles. The smallest absolute Gasteiger partial charge is 0.272 e. The topological polar surface area (TPSA) is 91.3 Å². The van der Waals surface area contributed by atoms with Crippen LogP contribution in [0.3, 0.4) is 0 Å². The fourth-order valence-electron chi connectivity index (χ4n) is 1.83. The minimum Gasteiger partial charge on any atom is -0.374 e. The highest BCUT2D eigenvalue weighted by Crippen LogP contribution is 2.37. The van der Waals surface area contributed by atoms with Crippen molar-refractivity contribution in [2.45, 2.75) is 13.2 Å². The Morgan fingerprint density at radius 1 is 1.17 bits per heavy atom. The minimum atomic E-state index is -0.616. The molecule has 0 aliphatic carbocycles. The number of azo groups is 1. The molecule has 0 bridgehead atoms. The second-order valence-corrected chi connectivity index (χ2v) is 5.79. The first-order chi connectivity index (χ1) is 11.3. The van der Waals surface area contributed by atoms with E-state index in [4.69, 9.17) is 23.2 Å². The molecule has 24 heavy (non-hydrogen) atoms. The van der Waals surface area contributed by atoms with Crippen LogP contribution in [0.1, 0.15) is 6.92 Å². The van der Waals surface area contributed by atoms with Gasteiger partial charge in [-0.1, -0.05) is 23.2 Å². The van der Waals surface area contributed by atoms with Gasteiger partial charge in [-0.05, 0) is 31.2 Å². The van der Waals surface area contributed by atoms with Gasteiger partial charge in [0.05, 0.1) is 20.7 Å². The van der Waals surface area contributed by atoms with E-state index in [9.17, 15) is 15.2 Å². The molecule has 0 spiro atoms. The summed E-state index contributed by atoms with van der Waals surface area (Å²) in [5.41, 5.74) is 1.31. The van der Waals surface area contributed by atoms with Crippen molar-refractivity contribution >= 4 is 46.0 Å². The first kappa shape index (κ1) is 18.1. The molecule has 1 atom stereocenters. The zero-order valence-corrected chi connectivity index (χ0v) is 14.4. The molecule has 1 N–H and O–H groups in total. The van der Waals surface area contributed by atoms with E-state index in [-0.39, 0.29) is 21.4 Å². The molecule has 0 heterocycles. The molecule has 0 radical (unpaired) electrons. The van der Waals surface area contributed by atoms with Gasteiger partial charge in [-0.2, -0.15) is 5.11 Å². The van der Waals surface area contributed by atoms with Crippen LogP contribution in [-0.4, -0.2) is 23.3 Å². The fraction of sp³-hybridized carbons (Fsp3) is 0.200. The number of nitrogens with zero attached hydrogens (tertiary/aromatic N) is 4. The third kappa shape index (κ3) is 4.19. The van der Waals surface area contributed by atoms with E-state index in [1.807, 2.05) is 0 Å². The first-order valence-electron chi connectivity index (χ1n) is 6.85. The van der Waals surface area contributed by atoms with E-state index in [0.29, 0.717) is 5.69 Å². The third-order valence-electron chi connectivity index (χ3n) is 3.30. The monoisotopic (exact) mass is 368 g/mol. The second kappa shape index (κ2) is 7.57. The van der Waals surface area contributed by atoms with E-state index >= 15 is 0 Å². The summed E-state index contributed by atoms with van der Waals surface area (Å²) in [4.78, 5) is 11.8. The zero-order chi connectivity index (χ0) is 17.9. The van der Waals surface area contributed by atoms with Crippen LogP contribution in [0.25, 0.3) is 0 Å². The molecule has 0 saturated heterocycles. The summed E-state index contributed by atoms with van der Waals surface area (Å²) in [7, 11) is 1.76. The molecular formula is C15H14Cl2N4O3. The molecule has 0 aliphatic rings. The summed E-state index contributed by atoms with van der Waals surface area (Å²) < 4.78 is 0. The highest BCUT2D eigenvalue weighted by Gasteiger charge is 2.14. The number of anilines is 1. The molecule has 0 aromatic heterocycles. The number of hydrogen-bond donors (Lipinski definition) is 1. The number of aliphatic hydroxyl groups is 1. The Morgan fingerprint density at radius 3 is 2.17 bits per heavy atom. The zero-order valence-electron chi connectivity index (χ0n) is 12.8. The van der Waals surface area contributed by atoms with Crippen molar-refractivity contribution in [2.75, 3.05) is 11.9 Å². The van der Waals surface area contributed by atoms with E-state index in [0.717, 1.165) is 5.69 Å². The average Bonchev–Trinajstić information content (AvgIpc) is 2.53. The maximum absolute atomic E-state index is 10.7. The number of nitro groups is 1. The van der Waals surface area contributed by atoms with Gasteiger partial charge in [-0.3, -0.25) is 10.1 Å². The van der Waals surface area contributed by atoms with Gasteiger partial charge in [0, 0.05) is 24.9 Å². The van der Waals surface area contributed by atoms with Crippen molar-refractivity contribution in [3.05, 3.63) is 56.6 Å². The van der Waals surface area contributed by atoms with Crippen LogP contribution >= 0.6 is 23.2 Å². The highest BCUT2D eigenvalue weighted by molar-refractivity contribution is 6.39. The van der Waals surface area contributed by atoms with Gasteiger partial charge in [-0.25, -0.2) is 0 Å². The van der Waals surface area contributed by atoms with E-state index in [1.54, 1.807) is 43.1 Å². The Bertz CT molecular complexity index is 756. The van der Waals surface area contributed by atoms with Gasteiger partial charge in [0.1, 0.15) is 11.9 Å². The van der Waals surface area contributed by atoms with E-state index in [2.05, 4.69) is 10.2 Å². The standard InChI is InChI=1S/C15H14Cl2N4O3/c1-9(22)20(2)11-5-3-10(4-6-11)18-19-15-13(16)7-12(21(23)24)8-14(15)17/h3-9,22H,1-2H3. The molecule has 7 nitrogen and oxygen atoms in total. The molecule has 0 fully saturated rings. The van der Waals surface area contributed by atoms with Crippen molar-refractivity contribution in [3.63, 3.8) is 0 Å². The fourth-order valence-corrected chi connectivity index (χ4v) is 2.38. The van der Waals surface area contributed by atoms with E-state index in [1.165, 1.54) is 12.1 Å². The lowest BCUT2D eigenvalue weighted by Crippen LogP contribution is -2.27. The first-order valence-corrected chi connectivity index (χ1v) is 7.61. The van der Waals surface area contributed by atoms with Crippen LogP contribution in [-0.2, 0) is 0 Å². The van der Waals surface area contributed by atoms with Crippen molar-refractivity contribution in [2.24, 2.45) is 10.2 Å². The lowest BCUT2D eigenvalue weighted by molar-refractivity contribution is -0.384. The number of rotatable bonds is 5. The highest BCUT2D eigenvalue weighted by atomic mass is 35.5. The van der Waals surface area contributed by atoms with Crippen molar-refractivity contribution in [1.82, 2.24) is 0 Å². The normalized spacial score (nSPS) is 12.4. The van der Waals surface area contributed by atoms with Crippen molar-refractivity contribution in [3.8, 4) is 0 Å². The Morgan fingerprint density at radius 2 is 1.71 bits per heavy atom. The maximum Gasteiger partial charge on any atom is 0.272 e. The number of halogens is 2. The Hall–Kier alpha value is -2.22. The van der Waals surface area contributed by atoms with Crippen molar-refractivity contribution in [1.29, 1.82) is 0 Å². The summed E-state index contributed by atoms with van der Waals surface area (Å²) in [6, 6.07) is 9.32. The summed E-state index contributed by atoms with van der Waals surface area (Å²) in [5.74, 6) is 0. The van der Waals surface area contributed by atoms with Crippen LogP contribution in [0, 0.1) is 10.1 Å². The maximum atomic E-state index is 10.7. The SMILES string of the molecule is CC(O)N(C)c1ccc(N=Nc2c(Cl)cc([N+](=O)[O-])cc2Cl)cc1. The summed E-state index contributed by atoms with van der Waals surface area (Å²) in [6.07, 6.45) is -0.616. The number of non-ortho nitro benzene ring substituents is 1. The van der Waals surface area contributed by atoms with Gasteiger partial charge in [-0.15, -0.1) is 5.11 Å². The quantitative estimate of drug-likeness (QED) is 0.344. The molecule has 1 unspecified atom stereocenters. The minimum absolute atomic E-state index is 0.0448. The predicted octanol–water partition coefficient (Wildman–Crippen LogP) is 5.09. The lowest BCUT2D eigenvalue weighted by Gasteiger charge is -2.22. The van der Waals surface area contributed by atoms with Gasteiger partial charge in [0.15, 0.2) is 0 Å². The summed E-state index contributed by atoms with van der Waals surface area (Å²) in [5, 5.41) is 28.3. The predicted molar refractivity (Wildman–Crippen MR) is 93.8 cm³/mol. The molecule has 2 rings (SSSR count). The van der Waals surface area contributed by atoms with Gasteiger partial charge in [0.25, 0.3) is 5.69 Å². The molecule has 0 amide bonds. The van der Waals surface area contributed by atoms with E-state index < -0.39 is 11.2 Å². The average molecular weight is 369 g/mol. The molecule has 2 aromatic carbocycles. The van der Waals surface area contributed by atoms with Crippen LogP contribution in [0.15, 0.2) is 46.6 Å².